The Morgan fingerprint density at radius 2 is 2.09 bits per heavy atom. The van der Waals surface area contributed by atoms with Crippen LogP contribution in [0.3, 0.4) is 0 Å². The number of hydrogen-bond acceptors (Lipinski definition) is 6. The van der Waals surface area contributed by atoms with E-state index in [1.165, 1.54) is 0 Å². The van der Waals surface area contributed by atoms with Gasteiger partial charge in [0.05, 0.1) is 29.1 Å². The second-order valence-electron chi connectivity index (χ2n) is 6.02. The number of cyclic esters (lactones) is 1. The Morgan fingerprint density at radius 3 is 2.95 bits per heavy atom. The molecule has 6 heteroatoms. The maximum atomic E-state index is 11.6. The van der Waals surface area contributed by atoms with Gasteiger partial charge in [-0.3, -0.25) is 9.78 Å². The molecule has 4 rings (SSSR count). The van der Waals surface area contributed by atoms with E-state index in [2.05, 4.69) is 14.9 Å². The molecule has 0 saturated carbocycles. The molecular formula is C16H18N4O2. The molecule has 22 heavy (non-hydrogen) atoms. The molecule has 114 valence electrons. The minimum atomic E-state index is -0.127. The lowest BCUT2D eigenvalue weighted by molar-refractivity contribution is -0.142. The van der Waals surface area contributed by atoms with E-state index < -0.39 is 0 Å². The van der Waals surface area contributed by atoms with Crippen molar-refractivity contribution < 1.29 is 9.53 Å². The Bertz CT molecular complexity index is 769. The summed E-state index contributed by atoms with van der Waals surface area (Å²) in [6.45, 7) is 4.97. The van der Waals surface area contributed by atoms with E-state index in [-0.39, 0.29) is 12.0 Å². The minimum Gasteiger partial charge on any atom is -0.463 e. The van der Waals surface area contributed by atoms with Crippen molar-refractivity contribution in [2.24, 2.45) is 0 Å². The third-order valence-corrected chi connectivity index (χ3v) is 4.40. The number of carbonyl (C=O) groups excluding carboxylic acids is 1. The molecule has 1 fully saturated rings. The number of rotatable bonds is 0. The molecule has 0 aromatic carbocycles. The molecule has 0 radical (unpaired) electrons. The van der Waals surface area contributed by atoms with E-state index in [0.717, 1.165) is 46.8 Å². The molecule has 2 aliphatic heterocycles. The van der Waals surface area contributed by atoms with Crippen LogP contribution in [0.5, 0.6) is 0 Å². The number of aryl methyl sites for hydroxylation is 3. The summed E-state index contributed by atoms with van der Waals surface area (Å²) >= 11 is 0. The molecule has 0 bridgehead atoms. The van der Waals surface area contributed by atoms with Gasteiger partial charge < -0.3 is 9.64 Å². The van der Waals surface area contributed by atoms with Gasteiger partial charge in [-0.05, 0) is 32.8 Å². The van der Waals surface area contributed by atoms with Crippen molar-refractivity contribution in [1.29, 1.82) is 0 Å². The van der Waals surface area contributed by atoms with E-state index in [1.54, 1.807) is 0 Å². The van der Waals surface area contributed by atoms with Crippen LogP contribution in [0.15, 0.2) is 6.07 Å². The Balaban J connectivity index is 1.95. The van der Waals surface area contributed by atoms with Crippen LogP contribution in [0.4, 0.5) is 5.82 Å². The molecule has 2 aromatic rings. The van der Waals surface area contributed by atoms with Gasteiger partial charge in [0.25, 0.3) is 0 Å². The number of fused-ring (bicyclic) bond motifs is 2. The average molecular weight is 298 g/mol. The Morgan fingerprint density at radius 1 is 1.23 bits per heavy atom. The second kappa shape index (κ2) is 4.90. The molecule has 0 spiro atoms. The fourth-order valence-electron chi connectivity index (χ4n) is 3.41. The standard InChI is InChI=1S/C16H18N4O2/c1-9-7-13-15-12(17-9)4-3-11-8-22-14(21)5-6-20(11)16(15)19-10(2)18-13/h7,11H,3-6,8H2,1-2H3. The fourth-order valence-corrected chi connectivity index (χ4v) is 3.41. The lowest BCUT2D eigenvalue weighted by Crippen LogP contribution is -2.37. The fraction of sp³-hybridized carbons (Fsp3) is 0.500. The first-order valence-electron chi connectivity index (χ1n) is 7.69. The average Bonchev–Trinajstić information content (AvgIpc) is 2.72. The minimum absolute atomic E-state index is 0.127. The summed E-state index contributed by atoms with van der Waals surface area (Å²) in [6, 6.07) is 2.18. The summed E-state index contributed by atoms with van der Waals surface area (Å²) in [4.78, 5) is 27.8. The lowest BCUT2D eigenvalue weighted by Gasteiger charge is -2.28. The molecule has 6 nitrogen and oxygen atoms in total. The maximum Gasteiger partial charge on any atom is 0.307 e. The van der Waals surface area contributed by atoms with Gasteiger partial charge in [-0.25, -0.2) is 9.97 Å². The quantitative estimate of drug-likeness (QED) is 0.690. The van der Waals surface area contributed by atoms with Crippen LogP contribution in [0.2, 0.25) is 0 Å². The smallest absolute Gasteiger partial charge is 0.307 e. The van der Waals surface area contributed by atoms with E-state index in [0.29, 0.717) is 19.6 Å². The summed E-state index contributed by atoms with van der Waals surface area (Å²) in [5, 5.41) is 1.04. The van der Waals surface area contributed by atoms with Crippen molar-refractivity contribution in [3.8, 4) is 0 Å². The summed E-state index contributed by atoms with van der Waals surface area (Å²) in [5.74, 6) is 1.53. The van der Waals surface area contributed by atoms with Gasteiger partial charge in [-0.2, -0.15) is 0 Å². The molecule has 0 amide bonds. The zero-order valence-electron chi connectivity index (χ0n) is 12.8. The predicted molar refractivity (Wildman–Crippen MR) is 81.8 cm³/mol. The van der Waals surface area contributed by atoms with E-state index in [1.807, 2.05) is 19.9 Å². The predicted octanol–water partition coefficient (Wildman–Crippen LogP) is 1.71. The van der Waals surface area contributed by atoms with Crippen molar-refractivity contribution >= 4 is 22.7 Å². The van der Waals surface area contributed by atoms with Crippen LogP contribution >= 0.6 is 0 Å². The van der Waals surface area contributed by atoms with E-state index in [4.69, 9.17) is 9.72 Å². The summed E-state index contributed by atoms with van der Waals surface area (Å²) in [6.07, 6.45) is 2.17. The third kappa shape index (κ3) is 2.10. The molecule has 1 saturated heterocycles. The highest BCUT2D eigenvalue weighted by atomic mass is 16.5. The Hall–Kier alpha value is -2.24. The van der Waals surface area contributed by atoms with Crippen LogP contribution in [0.1, 0.15) is 30.1 Å². The molecule has 4 heterocycles. The highest BCUT2D eigenvalue weighted by molar-refractivity contribution is 5.92. The van der Waals surface area contributed by atoms with E-state index >= 15 is 0 Å². The van der Waals surface area contributed by atoms with Crippen molar-refractivity contribution in [1.82, 2.24) is 15.0 Å². The van der Waals surface area contributed by atoms with E-state index in [9.17, 15) is 4.79 Å². The summed E-state index contributed by atoms with van der Waals surface area (Å²) in [7, 11) is 0. The molecular weight excluding hydrogens is 280 g/mol. The molecule has 1 atom stereocenters. The molecule has 2 aliphatic rings. The zero-order valence-corrected chi connectivity index (χ0v) is 12.8. The highest BCUT2D eigenvalue weighted by Crippen LogP contribution is 2.34. The van der Waals surface area contributed by atoms with Crippen molar-refractivity contribution in [2.45, 2.75) is 39.2 Å². The number of hydrogen-bond donors (Lipinski definition) is 0. The highest BCUT2D eigenvalue weighted by Gasteiger charge is 2.31. The number of esters is 1. The second-order valence-corrected chi connectivity index (χ2v) is 6.02. The first-order valence-corrected chi connectivity index (χ1v) is 7.69. The van der Waals surface area contributed by atoms with Crippen LogP contribution < -0.4 is 4.90 Å². The molecule has 1 unspecified atom stereocenters. The SMILES string of the molecule is Cc1cc2nc(C)nc3c2c(n1)CCC1COC(=O)CCN31. The monoisotopic (exact) mass is 298 g/mol. The van der Waals surface area contributed by atoms with Crippen molar-refractivity contribution in [2.75, 3.05) is 18.1 Å². The molecule has 2 aromatic heterocycles. The van der Waals surface area contributed by atoms with Gasteiger partial charge in [0.15, 0.2) is 0 Å². The third-order valence-electron chi connectivity index (χ3n) is 4.40. The van der Waals surface area contributed by atoms with Crippen LogP contribution in [-0.2, 0) is 16.0 Å². The summed E-state index contributed by atoms with van der Waals surface area (Å²) < 4.78 is 5.33. The normalized spacial score (nSPS) is 21.1. The molecule has 0 N–H and O–H groups in total. The number of aromatic nitrogens is 3. The Kier molecular flexibility index (Phi) is 2.99. The Labute approximate surface area is 128 Å². The number of carbonyl (C=O) groups is 1. The van der Waals surface area contributed by atoms with Crippen molar-refractivity contribution in [3.63, 3.8) is 0 Å². The van der Waals surface area contributed by atoms with Crippen LogP contribution in [0, 0.1) is 13.8 Å². The van der Waals surface area contributed by atoms with Gasteiger partial charge in [0, 0.05) is 12.2 Å². The maximum absolute atomic E-state index is 11.6. The number of pyridine rings is 1. The van der Waals surface area contributed by atoms with Crippen LogP contribution in [0.25, 0.3) is 10.9 Å². The van der Waals surface area contributed by atoms with Gasteiger partial charge in [0.2, 0.25) is 0 Å². The first-order chi connectivity index (χ1) is 10.6. The van der Waals surface area contributed by atoms with Gasteiger partial charge >= 0.3 is 5.97 Å². The number of ether oxygens (including phenoxy) is 1. The van der Waals surface area contributed by atoms with Gasteiger partial charge in [0.1, 0.15) is 18.2 Å². The topological polar surface area (TPSA) is 68.2 Å². The van der Waals surface area contributed by atoms with Gasteiger partial charge in [-0.15, -0.1) is 0 Å². The first kappa shape index (κ1) is 13.4. The largest absolute Gasteiger partial charge is 0.463 e. The molecule has 0 aliphatic carbocycles. The number of nitrogens with zero attached hydrogens (tertiary/aromatic N) is 4. The zero-order chi connectivity index (χ0) is 15.3. The van der Waals surface area contributed by atoms with Gasteiger partial charge in [-0.1, -0.05) is 0 Å². The van der Waals surface area contributed by atoms with Crippen molar-refractivity contribution in [3.05, 3.63) is 23.3 Å². The summed E-state index contributed by atoms with van der Waals surface area (Å²) in [5.41, 5.74) is 2.99. The number of anilines is 1. The lowest BCUT2D eigenvalue weighted by atomic mass is 10.1. The van der Waals surface area contributed by atoms with Crippen LogP contribution in [-0.4, -0.2) is 40.1 Å².